The van der Waals surface area contributed by atoms with Crippen LogP contribution in [0.4, 0.5) is 0 Å². The minimum atomic E-state index is -0.832. The fourth-order valence-corrected chi connectivity index (χ4v) is 8.58. The molecule has 0 aliphatic heterocycles. The molecule has 2 heterocycles. The molecule has 0 aliphatic rings. The van der Waals surface area contributed by atoms with Crippen molar-refractivity contribution in [1.82, 2.24) is 14.5 Å². The molecule has 0 atom stereocenters. The molecule has 0 fully saturated rings. The van der Waals surface area contributed by atoms with Crippen LogP contribution in [0.15, 0.2) is 128 Å². The predicted molar refractivity (Wildman–Crippen MR) is 271 cm³/mol. The average molecular weight is 1040 g/mol. The first-order valence-corrected chi connectivity index (χ1v) is 22.8. The van der Waals surface area contributed by atoms with Crippen molar-refractivity contribution in [3.63, 3.8) is 0 Å². The van der Waals surface area contributed by atoms with Crippen molar-refractivity contribution in [2.24, 2.45) is 0 Å². The largest absolute Gasteiger partial charge is 0.507 e. The molecule has 4 nitrogen and oxygen atoms in total. The quantitative estimate of drug-likeness (QED) is 0.147. The first-order valence-electron chi connectivity index (χ1n) is 23.3. The minimum Gasteiger partial charge on any atom is -0.507 e. The van der Waals surface area contributed by atoms with Gasteiger partial charge in [-0.25, -0.2) is 4.98 Å². The van der Waals surface area contributed by atoms with E-state index in [4.69, 9.17) is 11.3 Å². The molecular formula is C60H64N3OPt-. The second-order valence-corrected chi connectivity index (χ2v) is 20.6. The molecule has 0 saturated heterocycles. The summed E-state index contributed by atoms with van der Waals surface area (Å²) in [5, 5.41) is 12.4. The van der Waals surface area contributed by atoms with E-state index in [1.807, 2.05) is 20.0 Å². The number of aromatic hydroxyl groups is 1. The maximum atomic E-state index is 12.4. The van der Waals surface area contributed by atoms with Crippen molar-refractivity contribution < 1.29 is 27.5 Å². The van der Waals surface area contributed by atoms with Gasteiger partial charge in [-0.05, 0) is 105 Å². The van der Waals surface area contributed by atoms with Crippen LogP contribution in [0.2, 0.25) is 0 Å². The number of aromatic nitrogens is 3. The molecule has 2 aromatic heterocycles. The summed E-state index contributed by atoms with van der Waals surface area (Å²) in [6, 6.07) is 47.0. The fraction of sp³-hybridized carbons (Fsp3) is 0.300. The SMILES string of the molecule is [2H]C(C)(C)c1ccc(-n2c(-c3cc(C(C)C)cc(C(C)C)c3O)nc3c(-c4[c-]c(-c5cc(-c6ccc(C)cc6)ccn5)cc(C(C)(C)C)c4)cccc32)c(-c2ccc(C(C)(C)C)cc2)c1.[Pt]. The minimum absolute atomic E-state index is 0. The summed E-state index contributed by atoms with van der Waals surface area (Å²) in [5.41, 5.74) is 17.6. The number of aryl methyl sites for hydroxylation is 1. The van der Waals surface area contributed by atoms with Crippen molar-refractivity contribution in [3.05, 3.63) is 167 Å². The number of rotatable bonds is 9. The smallest absolute Gasteiger partial charge is 0.148 e. The van der Waals surface area contributed by atoms with E-state index in [2.05, 4.69) is 208 Å². The van der Waals surface area contributed by atoms with Crippen LogP contribution in [-0.4, -0.2) is 19.6 Å². The third-order valence-electron chi connectivity index (χ3n) is 12.7. The number of phenolic OH excluding ortho intramolecular Hbond substituents is 1. The number of nitrogens with zero attached hydrogens (tertiary/aromatic N) is 3. The second-order valence-electron chi connectivity index (χ2n) is 20.6. The van der Waals surface area contributed by atoms with Gasteiger partial charge < -0.3 is 5.11 Å². The Kier molecular flexibility index (Phi) is 13.0. The van der Waals surface area contributed by atoms with E-state index in [0.29, 0.717) is 11.4 Å². The molecule has 336 valence electrons. The van der Waals surface area contributed by atoms with Crippen LogP contribution in [0.1, 0.15) is 136 Å². The Hall–Kier alpha value is -5.57. The zero-order valence-corrected chi connectivity index (χ0v) is 42.7. The third-order valence-corrected chi connectivity index (χ3v) is 12.7. The topological polar surface area (TPSA) is 50.9 Å². The van der Waals surface area contributed by atoms with E-state index in [9.17, 15) is 5.11 Å². The molecule has 0 amide bonds. The summed E-state index contributed by atoms with van der Waals surface area (Å²) in [4.78, 5) is 10.5. The van der Waals surface area contributed by atoms with Gasteiger partial charge in [-0.1, -0.05) is 179 Å². The van der Waals surface area contributed by atoms with Gasteiger partial charge in [0, 0.05) is 39.9 Å². The van der Waals surface area contributed by atoms with E-state index in [0.717, 1.165) is 78.0 Å². The Morgan fingerprint density at radius 2 is 1.26 bits per heavy atom. The van der Waals surface area contributed by atoms with Crippen LogP contribution in [-0.2, 0) is 31.9 Å². The molecule has 1 N–H and O–H groups in total. The maximum Gasteiger partial charge on any atom is 0.148 e. The average Bonchev–Trinajstić information content (AvgIpc) is 3.65. The zero-order chi connectivity index (χ0) is 46.7. The summed E-state index contributed by atoms with van der Waals surface area (Å²) in [7, 11) is 0. The number of para-hydroxylation sites is 1. The molecule has 5 heteroatoms. The molecule has 0 bridgehead atoms. The standard InChI is InChI=1S/C60H64N3O.Pt/c1-36(2)42-23-26-54(51(32-42)41-21-24-47(25-22-41)59(8,9)10)63-55-16-14-15-49(56(55)62-58(63)52-34-44(37(3)4)33-50(38(5)6)57(52)64)45-29-46(31-48(30-45)60(11,12)13)53-35-43(27-28-61-53)40-19-17-39(7)18-20-40;/h14-28,30-38,64H,1-13H3;/q-1;/i36D;. The summed E-state index contributed by atoms with van der Waals surface area (Å²) in [6.07, 6.45) is 1.89. The Morgan fingerprint density at radius 3 is 1.89 bits per heavy atom. The van der Waals surface area contributed by atoms with Crippen LogP contribution in [0, 0.1) is 13.0 Å². The summed E-state index contributed by atoms with van der Waals surface area (Å²) < 4.78 is 11.4. The predicted octanol–water partition coefficient (Wildman–Crippen LogP) is 16.5. The molecule has 0 saturated carbocycles. The van der Waals surface area contributed by atoms with Crippen molar-refractivity contribution >= 4 is 11.0 Å². The molecule has 0 radical (unpaired) electrons. The molecule has 0 unspecified atom stereocenters. The number of fused-ring (bicyclic) bond motifs is 1. The van der Waals surface area contributed by atoms with Gasteiger partial charge in [0.25, 0.3) is 0 Å². The molecule has 0 aliphatic carbocycles. The second kappa shape index (κ2) is 18.4. The van der Waals surface area contributed by atoms with Gasteiger partial charge in [0.15, 0.2) is 0 Å². The Bertz CT molecular complexity index is 3050. The zero-order valence-electron chi connectivity index (χ0n) is 41.4. The summed E-state index contributed by atoms with van der Waals surface area (Å²) in [6.45, 7) is 28.1. The van der Waals surface area contributed by atoms with Gasteiger partial charge in [0.05, 0.1) is 22.3 Å². The number of pyridine rings is 1. The van der Waals surface area contributed by atoms with Gasteiger partial charge in [-0.2, -0.15) is 0 Å². The van der Waals surface area contributed by atoms with Crippen molar-refractivity contribution in [3.8, 4) is 67.5 Å². The first-order chi connectivity index (χ1) is 30.6. The summed E-state index contributed by atoms with van der Waals surface area (Å²) in [5.74, 6) is 0.372. The monoisotopic (exact) mass is 1040 g/mol. The molecule has 8 aromatic rings. The van der Waals surface area contributed by atoms with Crippen molar-refractivity contribution in [2.45, 2.75) is 119 Å². The van der Waals surface area contributed by atoms with E-state index in [1.54, 1.807) is 0 Å². The fourth-order valence-electron chi connectivity index (χ4n) is 8.58. The van der Waals surface area contributed by atoms with Crippen LogP contribution in [0.3, 0.4) is 0 Å². The van der Waals surface area contributed by atoms with E-state index >= 15 is 0 Å². The normalized spacial score (nSPS) is 12.5. The van der Waals surface area contributed by atoms with Gasteiger partial charge in [0.2, 0.25) is 0 Å². The Morgan fingerprint density at radius 1 is 0.615 bits per heavy atom. The maximum absolute atomic E-state index is 12.4. The third kappa shape index (κ3) is 9.57. The number of imidazole rings is 1. The number of hydrogen-bond acceptors (Lipinski definition) is 3. The molecular weight excluding hydrogens is 974 g/mol. The van der Waals surface area contributed by atoms with Gasteiger partial charge in [0.1, 0.15) is 11.6 Å². The molecule has 6 aromatic carbocycles. The van der Waals surface area contributed by atoms with Crippen LogP contribution in [0.25, 0.3) is 72.7 Å². The van der Waals surface area contributed by atoms with E-state index in [1.165, 1.54) is 16.7 Å². The summed E-state index contributed by atoms with van der Waals surface area (Å²) >= 11 is 0. The van der Waals surface area contributed by atoms with Crippen LogP contribution in [0.5, 0.6) is 5.75 Å². The molecule has 65 heavy (non-hydrogen) atoms. The molecule has 0 spiro atoms. The van der Waals surface area contributed by atoms with Crippen molar-refractivity contribution in [1.29, 1.82) is 0 Å². The van der Waals surface area contributed by atoms with Crippen molar-refractivity contribution in [2.75, 3.05) is 0 Å². The van der Waals surface area contributed by atoms with Crippen LogP contribution < -0.4 is 0 Å². The first kappa shape index (κ1) is 46.0. The Balaban J connectivity index is 0.00000648. The number of benzene rings is 6. The number of hydrogen-bond donors (Lipinski definition) is 1. The van der Waals surface area contributed by atoms with Gasteiger partial charge in [-0.3, -0.25) is 9.55 Å². The Labute approximate surface area is 403 Å². The van der Waals surface area contributed by atoms with Gasteiger partial charge >= 0.3 is 0 Å². The van der Waals surface area contributed by atoms with Gasteiger partial charge in [-0.15, -0.1) is 29.3 Å². The van der Waals surface area contributed by atoms with E-state index < -0.39 is 5.89 Å². The van der Waals surface area contributed by atoms with Crippen LogP contribution >= 0.6 is 0 Å². The number of phenols is 1. The molecule has 8 rings (SSSR count). The van der Waals surface area contributed by atoms with E-state index in [-0.39, 0.29) is 49.5 Å².